The lowest BCUT2D eigenvalue weighted by atomic mass is 10.1. The molecule has 2 rings (SSSR count). The van der Waals surface area contributed by atoms with Crippen molar-refractivity contribution in [3.63, 3.8) is 0 Å². The van der Waals surface area contributed by atoms with Crippen molar-refractivity contribution in [2.24, 2.45) is 0 Å². The van der Waals surface area contributed by atoms with Crippen molar-refractivity contribution < 1.29 is 9.90 Å². The zero-order chi connectivity index (χ0) is 14.5. The van der Waals surface area contributed by atoms with Crippen LogP contribution < -0.4 is 5.32 Å². The maximum atomic E-state index is 12.1. The minimum Gasteiger partial charge on any atom is -0.508 e. The predicted octanol–water partition coefficient (Wildman–Crippen LogP) is 2.98. The van der Waals surface area contributed by atoms with Crippen LogP contribution in [0.3, 0.4) is 0 Å². The summed E-state index contributed by atoms with van der Waals surface area (Å²) in [5.41, 5.74) is 3.60. The highest BCUT2D eigenvalue weighted by Crippen LogP contribution is 2.19. The molecule has 2 aromatic carbocycles. The predicted molar refractivity (Wildman–Crippen MR) is 80.1 cm³/mol. The smallest absolute Gasteiger partial charge is 0.251 e. The zero-order valence-corrected chi connectivity index (χ0v) is 11.8. The van der Waals surface area contributed by atoms with Gasteiger partial charge in [-0.1, -0.05) is 30.3 Å². The van der Waals surface area contributed by atoms with Gasteiger partial charge in [0.2, 0.25) is 0 Å². The van der Waals surface area contributed by atoms with Gasteiger partial charge in [0.05, 0.1) is 0 Å². The van der Waals surface area contributed by atoms with Gasteiger partial charge < -0.3 is 10.4 Å². The van der Waals surface area contributed by atoms with E-state index in [9.17, 15) is 9.90 Å². The average Bonchev–Trinajstić information content (AvgIpc) is 2.44. The first-order chi connectivity index (χ1) is 9.59. The van der Waals surface area contributed by atoms with Gasteiger partial charge in [0.15, 0.2) is 0 Å². The summed E-state index contributed by atoms with van der Waals surface area (Å²) in [6.07, 6.45) is 0.802. The third-order valence-electron chi connectivity index (χ3n) is 3.49. The molecule has 1 amide bonds. The molecule has 0 radical (unpaired) electrons. The Balaban J connectivity index is 1.96. The van der Waals surface area contributed by atoms with Gasteiger partial charge in [-0.2, -0.15) is 0 Å². The number of rotatable bonds is 4. The van der Waals surface area contributed by atoms with E-state index in [1.807, 2.05) is 12.1 Å². The molecule has 104 valence electrons. The Kier molecular flexibility index (Phi) is 4.41. The van der Waals surface area contributed by atoms with E-state index in [1.165, 1.54) is 11.1 Å². The molecule has 3 nitrogen and oxygen atoms in total. The molecule has 0 atom stereocenters. The lowest BCUT2D eigenvalue weighted by Gasteiger charge is -2.09. The zero-order valence-electron chi connectivity index (χ0n) is 11.8. The standard InChI is InChI=1S/C17H19NO2/c1-12-6-3-4-7-14(12)10-11-18-17(20)15-8-5-9-16(19)13(15)2/h3-9,19H,10-11H2,1-2H3,(H,18,20). The molecule has 3 heteroatoms. The molecule has 2 N–H and O–H groups in total. The van der Waals surface area contributed by atoms with E-state index in [-0.39, 0.29) is 11.7 Å². The number of hydrogen-bond donors (Lipinski definition) is 2. The summed E-state index contributed by atoms with van der Waals surface area (Å²) in [6, 6.07) is 13.1. The first kappa shape index (κ1) is 14.1. The van der Waals surface area contributed by atoms with Crippen molar-refractivity contribution >= 4 is 5.91 Å². The normalized spacial score (nSPS) is 10.3. The van der Waals surface area contributed by atoms with Gasteiger partial charge in [-0.05, 0) is 43.5 Å². The molecule has 0 saturated heterocycles. The maximum absolute atomic E-state index is 12.1. The Morgan fingerprint density at radius 1 is 1.10 bits per heavy atom. The summed E-state index contributed by atoms with van der Waals surface area (Å²) >= 11 is 0. The molecule has 20 heavy (non-hydrogen) atoms. The monoisotopic (exact) mass is 269 g/mol. The van der Waals surface area contributed by atoms with E-state index in [0.717, 1.165) is 6.42 Å². The number of carbonyl (C=O) groups excluding carboxylic acids is 1. The molecule has 0 aromatic heterocycles. The van der Waals surface area contributed by atoms with Gasteiger partial charge in [-0.15, -0.1) is 0 Å². The summed E-state index contributed by atoms with van der Waals surface area (Å²) in [5, 5.41) is 12.5. The van der Waals surface area contributed by atoms with Crippen molar-refractivity contribution in [3.8, 4) is 5.75 Å². The first-order valence-corrected chi connectivity index (χ1v) is 6.71. The molecule has 0 heterocycles. The van der Waals surface area contributed by atoms with Crippen LogP contribution in [0.1, 0.15) is 27.0 Å². The number of aryl methyl sites for hydroxylation is 1. The minimum atomic E-state index is -0.146. The number of phenols is 1. The van der Waals surface area contributed by atoms with E-state index in [0.29, 0.717) is 17.7 Å². The second-order valence-electron chi connectivity index (χ2n) is 4.88. The van der Waals surface area contributed by atoms with Crippen LogP contribution in [-0.2, 0) is 6.42 Å². The van der Waals surface area contributed by atoms with E-state index < -0.39 is 0 Å². The van der Waals surface area contributed by atoms with Crippen molar-refractivity contribution in [1.82, 2.24) is 5.32 Å². The van der Waals surface area contributed by atoms with Crippen molar-refractivity contribution in [2.45, 2.75) is 20.3 Å². The van der Waals surface area contributed by atoms with Crippen molar-refractivity contribution in [1.29, 1.82) is 0 Å². The van der Waals surface area contributed by atoms with Crippen LogP contribution in [0.5, 0.6) is 5.75 Å². The van der Waals surface area contributed by atoms with Gasteiger partial charge in [0, 0.05) is 17.7 Å². The van der Waals surface area contributed by atoms with Gasteiger partial charge in [-0.25, -0.2) is 0 Å². The average molecular weight is 269 g/mol. The maximum Gasteiger partial charge on any atom is 0.251 e. The Morgan fingerprint density at radius 3 is 2.60 bits per heavy atom. The molecule has 0 spiro atoms. The summed E-state index contributed by atoms with van der Waals surface area (Å²) in [5.74, 6) is 0.00328. The summed E-state index contributed by atoms with van der Waals surface area (Å²) in [7, 11) is 0. The van der Waals surface area contributed by atoms with Gasteiger partial charge >= 0.3 is 0 Å². The van der Waals surface area contributed by atoms with Gasteiger partial charge in [-0.3, -0.25) is 4.79 Å². The fourth-order valence-corrected chi connectivity index (χ4v) is 2.17. The molecular formula is C17H19NO2. The summed E-state index contributed by atoms with van der Waals surface area (Å²) in [4.78, 5) is 12.1. The molecule has 0 fully saturated rings. The van der Waals surface area contributed by atoms with Crippen LogP contribution in [0.15, 0.2) is 42.5 Å². The highest BCUT2D eigenvalue weighted by molar-refractivity contribution is 5.96. The molecular weight excluding hydrogens is 250 g/mol. The number of nitrogens with one attached hydrogen (secondary N) is 1. The van der Waals surface area contributed by atoms with Crippen molar-refractivity contribution in [3.05, 3.63) is 64.7 Å². The lowest BCUT2D eigenvalue weighted by Crippen LogP contribution is -2.26. The molecule has 0 aliphatic heterocycles. The molecule has 0 aliphatic carbocycles. The minimum absolute atomic E-state index is 0.146. The number of amides is 1. The Bertz CT molecular complexity index is 620. The third kappa shape index (κ3) is 3.18. The van der Waals surface area contributed by atoms with Crippen molar-refractivity contribution in [2.75, 3.05) is 6.54 Å². The highest BCUT2D eigenvalue weighted by atomic mass is 16.3. The summed E-state index contributed by atoms with van der Waals surface area (Å²) in [6.45, 7) is 4.39. The first-order valence-electron chi connectivity index (χ1n) is 6.71. The van der Waals surface area contributed by atoms with Crippen LogP contribution in [0.4, 0.5) is 0 Å². The molecule has 0 unspecified atom stereocenters. The molecule has 0 aliphatic rings. The summed E-state index contributed by atoms with van der Waals surface area (Å²) < 4.78 is 0. The van der Waals surface area contributed by atoms with E-state index in [1.54, 1.807) is 25.1 Å². The number of hydrogen-bond acceptors (Lipinski definition) is 2. The van der Waals surface area contributed by atoms with E-state index in [4.69, 9.17) is 0 Å². The van der Waals surface area contributed by atoms with Crippen LogP contribution >= 0.6 is 0 Å². The molecule has 2 aromatic rings. The van der Waals surface area contributed by atoms with Gasteiger partial charge in [0.25, 0.3) is 5.91 Å². The van der Waals surface area contributed by atoms with Gasteiger partial charge in [0.1, 0.15) is 5.75 Å². The second kappa shape index (κ2) is 6.24. The Morgan fingerprint density at radius 2 is 1.85 bits per heavy atom. The van der Waals surface area contributed by atoms with Crippen LogP contribution in [0.2, 0.25) is 0 Å². The SMILES string of the molecule is Cc1ccccc1CCNC(=O)c1cccc(O)c1C. The largest absolute Gasteiger partial charge is 0.508 e. The number of carbonyl (C=O) groups is 1. The van der Waals surface area contributed by atoms with Crippen LogP contribution in [0, 0.1) is 13.8 Å². The quantitative estimate of drug-likeness (QED) is 0.896. The molecule has 0 bridgehead atoms. The Labute approximate surface area is 119 Å². The number of aromatic hydroxyl groups is 1. The second-order valence-corrected chi connectivity index (χ2v) is 4.88. The van der Waals surface area contributed by atoms with Crippen LogP contribution in [-0.4, -0.2) is 17.6 Å². The number of phenolic OH excluding ortho intramolecular Hbond substituents is 1. The number of benzene rings is 2. The fraction of sp³-hybridized carbons (Fsp3) is 0.235. The van der Waals surface area contributed by atoms with E-state index in [2.05, 4.69) is 24.4 Å². The van der Waals surface area contributed by atoms with Crippen LogP contribution in [0.25, 0.3) is 0 Å². The third-order valence-corrected chi connectivity index (χ3v) is 3.49. The Hall–Kier alpha value is -2.29. The topological polar surface area (TPSA) is 49.3 Å². The molecule has 0 saturated carbocycles. The highest BCUT2D eigenvalue weighted by Gasteiger charge is 2.10. The lowest BCUT2D eigenvalue weighted by molar-refractivity contribution is 0.0953. The van der Waals surface area contributed by atoms with E-state index >= 15 is 0 Å². The fourth-order valence-electron chi connectivity index (χ4n) is 2.17.